The van der Waals surface area contributed by atoms with Gasteiger partial charge in [0.25, 0.3) is 5.91 Å². The molecule has 0 aromatic heterocycles. The summed E-state index contributed by atoms with van der Waals surface area (Å²) in [7, 11) is 0. The largest absolute Gasteiger partial charge is 0.349 e. The Morgan fingerprint density at radius 2 is 1.48 bits per heavy atom. The summed E-state index contributed by atoms with van der Waals surface area (Å²) in [5.74, 6) is 2.80. The van der Waals surface area contributed by atoms with Crippen LogP contribution in [-0.4, -0.2) is 59.4 Å². The number of hydrogen-bond donors (Lipinski definition) is 1. The summed E-state index contributed by atoms with van der Waals surface area (Å²) in [5, 5.41) is 3.52. The number of hydrogen-bond acceptors (Lipinski definition) is 3. The van der Waals surface area contributed by atoms with Crippen molar-refractivity contribution in [3.63, 3.8) is 0 Å². The fourth-order valence-corrected chi connectivity index (χ4v) is 6.87. The van der Waals surface area contributed by atoms with Crippen molar-refractivity contribution in [3.05, 3.63) is 35.9 Å². The fourth-order valence-electron chi connectivity index (χ4n) is 6.87. The lowest BCUT2D eigenvalue weighted by molar-refractivity contribution is -0.132. The first kappa shape index (κ1) is 19.1. The third-order valence-electron chi connectivity index (χ3n) is 7.98. The third kappa shape index (κ3) is 3.70. The molecule has 0 spiro atoms. The van der Waals surface area contributed by atoms with Crippen LogP contribution in [0.1, 0.15) is 55.8 Å². The highest BCUT2D eigenvalue weighted by atomic mass is 16.2. The van der Waals surface area contributed by atoms with Crippen LogP contribution in [0.15, 0.2) is 30.3 Å². The monoisotopic (exact) mass is 395 g/mol. The first-order valence-corrected chi connectivity index (χ1v) is 11.4. The highest BCUT2D eigenvalue weighted by Gasteiger charge is 2.51. The van der Waals surface area contributed by atoms with Gasteiger partial charge in [0.15, 0.2) is 0 Å². The van der Waals surface area contributed by atoms with Crippen molar-refractivity contribution < 1.29 is 9.59 Å². The van der Waals surface area contributed by atoms with Crippen LogP contribution in [0.5, 0.6) is 0 Å². The number of carbonyl (C=O) groups is 2. The normalized spacial score (nSPS) is 34.8. The van der Waals surface area contributed by atoms with Crippen LogP contribution in [0.25, 0.3) is 0 Å². The molecule has 29 heavy (non-hydrogen) atoms. The molecule has 1 atom stereocenters. The summed E-state index contributed by atoms with van der Waals surface area (Å²) in [5.41, 5.74) is 0.819. The molecule has 1 saturated heterocycles. The molecule has 4 bridgehead atoms. The molecule has 156 valence electrons. The summed E-state index contributed by atoms with van der Waals surface area (Å²) >= 11 is 0. The van der Waals surface area contributed by atoms with Crippen LogP contribution in [0.2, 0.25) is 0 Å². The summed E-state index contributed by atoms with van der Waals surface area (Å²) in [6.07, 6.45) is 7.75. The van der Waals surface area contributed by atoms with Gasteiger partial charge in [0.1, 0.15) is 0 Å². The van der Waals surface area contributed by atoms with Gasteiger partial charge < -0.3 is 10.2 Å². The van der Waals surface area contributed by atoms with Gasteiger partial charge in [0.05, 0.1) is 6.04 Å². The first-order valence-electron chi connectivity index (χ1n) is 11.4. The Labute approximate surface area is 173 Å². The summed E-state index contributed by atoms with van der Waals surface area (Å²) in [6.45, 7) is 4.91. The summed E-state index contributed by atoms with van der Waals surface area (Å²) in [6, 6.07) is 9.35. The Morgan fingerprint density at radius 1 is 0.931 bits per heavy atom. The summed E-state index contributed by atoms with van der Waals surface area (Å²) < 4.78 is 0. The molecular formula is C24H33N3O2. The lowest BCUT2D eigenvalue weighted by atomic mass is 9.53. The molecule has 5 aliphatic rings. The Bertz CT molecular complexity index is 734. The van der Waals surface area contributed by atoms with Crippen molar-refractivity contribution in [1.82, 2.24) is 15.1 Å². The van der Waals surface area contributed by atoms with Crippen molar-refractivity contribution in [3.8, 4) is 0 Å². The van der Waals surface area contributed by atoms with E-state index in [9.17, 15) is 9.59 Å². The molecule has 0 radical (unpaired) electrons. The molecule has 5 fully saturated rings. The van der Waals surface area contributed by atoms with E-state index in [0.717, 1.165) is 36.4 Å². The number of rotatable bonds is 4. The Hall–Kier alpha value is -1.88. The van der Waals surface area contributed by atoms with Gasteiger partial charge in [-0.25, -0.2) is 0 Å². The summed E-state index contributed by atoms with van der Waals surface area (Å²) in [4.78, 5) is 29.9. The molecule has 1 aromatic rings. The lowest BCUT2D eigenvalue weighted by Crippen LogP contribution is -2.63. The van der Waals surface area contributed by atoms with Crippen LogP contribution < -0.4 is 5.32 Å². The van der Waals surface area contributed by atoms with E-state index in [4.69, 9.17) is 0 Å². The average Bonchev–Trinajstić information content (AvgIpc) is 2.72. The predicted molar refractivity (Wildman–Crippen MR) is 112 cm³/mol. The van der Waals surface area contributed by atoms with Crippen molar-refractivity contribution in [2.24, 2.45) is 17.8 Å². The van der Waals surface area contributed by atoms with Crippen LogP contribution in [-0.2, 0) is 4.79 Å². The van der Waals surface area contributed by atoms with Crippen molar-refractivity contribution in [2.45, 2.75) is 57.0 Å². The van der Waals surface area contributed by atoms with E-state index in [0.29, 0.717) is 13.1 Å². The van der Waals surface area contributed by atoms with Crippen LogP contribution in [0, 0.1) is 17.8 Å². The van der Waals surface area contributed by atoms with Gasteiger partial charge in [-0.2, -0.15) is 0 Å². The molecular weight excluding hydrogens is 362 g/mol. The molecule has 5 nitrogen and oxygen atoms in total. The van der Waals surface area contributed by atoms with Crippen molar-refractivity contribution in [1.29, 1.82) is 0 Å². The van der Waals surface area contributed by atoms with Gasteiger partial charge >= 0.3 is 0 Å². The zero-order valence-corrected chi connectivity index (χ0v) is 17.5. The number of benzene rings is 1. The van der Waals surface area contributed by atoms with E-state index < -0.39 is 0 Å². The number of piperazine rings is 1. The molecule has 0 unspecified atom stereocenters. The highest BCUT2D eigenvalue weighted by molar-refractivity contribution is 5.94. The maximum Gasteiger partial charge on any atom is 0.253 e. The molecule has 4 saturated carbocycles. The second-order valence-corrected chi connectivity index (χ2v) is 10.1. The van der Waals surface area contributed by atoms with Gasteiger partial charge in [-0.3, -0.25) is 14.5 Å². The minimum absolute atomic E-state index is 0.0746. The van der Waals surface area contributed by atoms with Gasteiger partial charge in [-0.1, -0.05) is 18.2 Å². The molecule has 1 aromatic carbocycles. The van der Waals surface area contributed by atoms with E-state index in [1.165, 1.54) is 38.5 Å². The van der Waals surface area contributed by atoms with E-state index in [2.05, 4.69) is 10.2 Å². The fraction of sp³-hybridized carbons (Fsp3) is 0.667. The Morgan fingerprint density at radius 3 is 2.03 bits per heavy atom. The van der Waals surface area contributed by atoms with Crippen molar-refractivity contribution in [2.75, 3.05) is 26.2 Å². The SMILES string of the molecule is C[C@H](C(=O)NC12CC3CC(CC(C3)C1)C2)N1CCN(C(=O)c2ccccc2)CC1. The molecule has 5 heteroatoms. The van der Waals surface area contributed by atoms with E-state index in [1.54, 1.807) is 0 Å². The van der Waals surface area contributed by atoms with E-state index in [-0.39, 0.29) is 23.4 Å². The van der Waals surface area contributed by atoms with Gasteiger partial charge in [0.2, 0.25) is 5.91 Å². The minimum Gasteiger partial charge on any atom is -0.349 e. The topological polar surface area (TPSA) is 52.7 Å². The number of nitrogens with zero attached hydrogens (tertiary/aromatic N) is 2. The zero-order valence-electron chi connectivity index (χ0n) is 17.5. The predicted octanol–water partition coefficient (Wildman–Crippen LogP) is 2.92. The molecule has 1 aliphatic heterocycles. The second kappa shape index (κ2) is 7.42. The third-order valence-corrected chi connectivity index (χ3v) is 7.98. The molecule has 2 amide bonds. The van der Waals surface area contributed by atoms with Gasteiger partial charge in [0, 0.05) is 37.3 Å². The average molecular weight is 396 g/mol. The van der Waals surface area contributed by atoms with Crippen molar-refractivity contribution >= 4 is 11.8 Å². The van der Waals surface area contributed by atoms with Crippen LogP contribution in [0.4, 0.5) is 0 Å². The molecule has 4 aliphatic carbocycles. The maximum absolute atomic E-state index is 13.1. The van der Waals surface area contributed by atoms with Gasteiger partial charge in [-0.05, 0) is 75.3 Å². The molecule has 1 heterocycles. The van der Waals surface area contributed by atoms with E-state index >= 15 is 0 Å². The van der Waals surface area contributed by atoms with Crippen LogP contribution in [0.3, 0.4) is 0 Å². The molecule has 1 N–H and O–H groups in total. The quantitative estimate of drug-likeness (QED) is 0.853. The second-order valence-electron chi connectivity index (χ2n) is 10.1. The Balaban J connectivity index is 1.16. The number of nitrogens with one attached hydrogen (secondary N) is 1. The first-order chi connectivity index (χ1) is 14.0. The van der Waals surface area contributed by atoms with E-state index in [1.807, 2.05) is 42.2 Å². The van der Waals surface area contributed by atoms with Crippen LogP contribution >= 0.6 is 0 Å². The molecule has 6 rings (SSSR count). The zero-order chi connectivity index (χ0) is 20.0. The Kier molecular flexibility index (Phi) is 4.89. The standard InChI is InChI=1S/C24H33N3O2/c1-17(22(28)25-24-14-18-11-19(15-24)13-20(12-18)16-24)26-7-9-27(10-8-26)23(29)21-5-3-2-4-6-21/h2-6,17-20H,7-16H2,1H3,(H,25,28)/t17-,18?,19?,20?,24?/m1/s1. The minimum atomic E-state index is -0.128. The number of amides is 2. The highest BCUT2D eigenvalue weighted by Crippen LogP contribution is 2.55. The lowest BCUT2D eigenvalue weighted by Gasteiger charge is -2.57. The van der Waals surface area contributed by atoms with Gasteiger partial charge in [-0.15, -0.1) is 0 Å². The maximum atomic E-state index is 13.1. The number of carbonyl (C=O) groups excluding carboxylic acids is 2. The smallest absolute Gasteiger partial charge is 0.253 e.